The van der Waals surface area contributed by atoms with Crippen LogP contribution >= 0.6 is 0 Å². The van der Waals surface area contributed by atoms with E-state index in [4.69, 9.17) is 10.5 Å². The molecule has 0 amide bonds. The van der Waals surface area contributed by atoms with Gasteiger partial charge in [-0.3, -0.25) is 0 Å². The third-order valence-electron chi connectivity index (χ3n) is 2.37. The van der Waals surface area contributed by atoms with Gasteiger partial charge in [-0.15, -0.1) is 0 Å². The van der Waals surface area contributed by atoms with Crippen molar-refractivity contribution < 1.29 is 4.74 Å². The van der Waals surface area contributed by atoms with Gasteiger partial charge < -0.3 is 10.5 Å². The van der Waals surface area contributed by atoms with Crippen molar-refractivity contribution in [2.24, 2.45) is 5.73 Å². The average Bonchev–Trinajstić information content (AvgIpc) is 2.27. The summed E-state index contributed by atoms with van der Waals surface area (Å²) >= 11 is 0. The summed E-state index contributed by atoms with van der Waals surface area (Å²) in [5, 5.41) is 1.07. The molecule has 0 atom stereocenters. The second-order valence-corrected chi connectivity index (χ2v) is 5.05. The Hall–Kier alpha value is -1.61. The summed E-state index contributed by atoms with van der Waals surface area (Å²) in [6, 6.07) is 9.93. The van der Waals surface area contributed by atoms with Crippen LogP contribution in [0.1, 0.15) is 26.5 Å². The lowest BCUT2D eigenvalue weighted by molar-refractivity contribution is 0.133. The van der Waals surface area contributed by atoms with Crippen molar-refractivity contribution in [1.82, 2.24) is 4.98 Å². The van der Waals surface area contributed by atoms with Crippen molar-refractivity contribution in [2.75, 3.05) is 0 Å². The second-order valence-electron chi connectivity index (χ2n) is 5.05. The maximum absolute atomic E-state index is 5.91. The molecule has 0 bridgehead atoms. The highest BCUT2D eigenvalue weighted by atomic mass is 16.5. The van der Waals surface area contributed by atoms with Crippen molar-refractivity contribution in [2.45, 2.75) is 32.9 Å². The van der Waals surface area contributed by atoms with Crippen molar-refractivity contribution in [3.8, 4) is 5.75 Å². The number of benzene rings is 1. The van der Waals surface area contributed by atoms with Crippen LogP contribution in [0.4, 0.5) is 0 Å². The molecule has 0 aliphatic rings. The smallest absolute Gasteiger partial charge is 0.146 e. The van der Waals surface area contributed by atoms with Crippen molar-refractivity contribution in [3.63, 3.8) is 0 Å². The van der Waals surface area contributed by atoms with Gasteiger partial charge in [-0.25, -0.2) is 4.98 Å². The van der Waals surface area contributed by atoms with Gasteiger partial charge in [0.15, 0.2) is 0 Å². The van der Waals surface area contributed by atoms with Gasteiger partial charge in [0.2, 0.25) is 0 Å². The lowest BCUT2D eigenvalue weighted by atomic mass is 10.1. The first kappa shape index (κ1) is 11.9. The molecule has 3 heteroatoms. The number of hydrogen-bond donors (Lipinski definition) is 1. The molecule has 1 aromatic carbocycles. The molecule has 2 aromatic rings. The van der Waals surface area contributed by atoms with Gasteiger partial charge in [0.25, 0.3) is 0 Å². The van der Waals surface area contributed by atoms with Crippen LogP contribution in [-0.4, -0.2) is 10.6 Å². The number of nitrogens with two attached hydrogens (primary N) is 1. The summed E-state index contributed by atoms with van der Waals surface area (Å²) in [5.74, 6) is 0.810. The molecule has 2 rings (SSSR count). The zero-order valence-corrected chi connectivity index (χ0v) is 10.5. The molecule has 0 aliphatic carbocycles. The highest BCUT2D eigenvalue weighted by Gasteiger charge is 2.14. The van der Waals surface area contributed by atoms with Gasteiger partial charge >= 0.3 is 0 Å². The second kappa shape index (κ2) is 4.34. The molecule has 0 saturated carbocycles. The molecule has 17 heavy (non-hydrogen) atoms. The highest BCUT2D eigenvalue weighted by molar-refractivity contribution is 5.84. The SMILES string of the molecule is CC(C)(C)Oc1cccc2ccc(CN)nc12. The summed E-state index contributed by atoms with van der Waals surface area (Å²) in [7, 11) is 0. The third kappa shape index (κ3) is 2.74. The van der Waals surface area contributed by atoms with Crippen LogP contribution in [0, 0.1) is 0 Å². The van der Waals surface area contributed by atoms with Crippen LogP contribution in [0.25, 0.3) is 10.9 Å². The largest absolute Gasteiger partial charge is 0.486 e. The molecule has 1 aromatic heterocycles. The highest BCUT2D eigenvalue weighted by Crippen LogP contribution is 2.27. The Morgan fingerprint density at radius 1 is 1.18 bits per heavy atom. The number of ether oxygens (including phenoxy) is 1. The zero-order chi connectivity index (χ0) is 12.5. The van der Waals surface area contributed by atoms with Crippen LogP contribution in [0.3, 0.4) is 0 Å². The maximum Gasteiger partial charge on any atom is 0.146 e. The zero-order valence-electron chi connectivity index (χ0n) is 10.5. The molecule has 0 unspecified atom stereocenters. The minimum Gasteiger partial charge on any atom is -0.486 e. The summed E-state index contributed by atoms with van der Waals surface area (Å²) in [6.07, 6.45) is 0. The first-order chi connectivity index (χ1) is 7.99. The predicted octanol–water partition coefficient (Wildman–Crippen LogP) is 2.87. The fraction of sp³-hybridized carbons (Fsp3) is 0.357. The fourth-order valence-corrected chi connectivity index (χ4v) is 1.69. The fourth-order valence-electron chi connectivity index (χ4n) is 1.69. The van der Waals surface area contributed by atoms with Crippen molar-refractivity contribution in [1.29, 1.82) is 0 Å². The molecule has 90 valence electrons. The molecular formula is C14H18N2O. The van der Waals surface area contributed by atoms with Crippen LogP contribution in [-0.2, 0) is 6.54 Å². The first-order valence-electron chi connectivity index (χ1n) is 5.77. The quantitative estimate of drug-likeness (QED) is 0.863. The van der Waals surface area contributed by atoms with Gasteiger partial charge in [0, 0.05) is 11.9 Å². The number of hydrogen-bond acceptors (Lipinski definition) is 3. The molecule has 0 fully saturated rings. The summed E-state index contributed by atoms with van der Waals surface area (Å²) < 4.78 is 5.91. The molecular weight excluding hydrogens is 212 g/mol. The minimum absolute atomic E-state index is 0.227. The first-order valence-corrected chi connectivity index (χ1v) is 5.77. The van der Waals surface area contributed by atoms with E-state index in [2.05, 4.69) is 4.98 Å². The predicted molar refractivity (Wildman–Crippen MR) is 70.0 cm³/mol. The average molecular weight is 230 g/mol. The number of aromatic nitrogens is 1. The van der Waals surface area contributed by atoms with E-state index in [1.807, 2.05) is 51.1 Å². The summed E-state index contributed by atoms with van der Waals surface area (Å²) in [6.45, 7) is 6.52. The number of pyridine rings is 1. The van der Waals surface area contributed by atoms with Crippen LogP contribution in [0.5, 0.6) is 5.75 Å². The van der Waals surface area contributed by atoms with E-state index >= 15 is 0 Å². The van der Waals surface area contributed by atoms with Crippen molar-refractivity contribution >= 4 is 10.9 Å². The molecule has 0 radical (unpaired) electrons. The molecule has 0 aliphatic heterocycles. The van der Waals surface area contributed by atoms with Crippen LogP contribution in [0.15, 0.2) is 30.3 Å². The number of fused-ring (bicyclic) bond motifs is 1. The number of nitrogens with zero attached hydrogens (tertiary/aromatic N) is 1. The van der Waals surface area contributed by atoms with E-state index in [-0.39, 0.29) is 5.60 Å². The summed E-state index contributed by atoms with van der Waals surface area (Å²) in [5.41, 5.74) is 7.14. The van der Waals surface area contributed by atoms with E-state index in [1.54, 1.807) is 0 Å². The topological polar surface area (TPSA) is 48.1 Å². The Morgan fingerprint density at radius 3 is 2.59 bits per heavy atom. The molecule has 3 nitrogen and oxygen atoms in total. The molecule has 0 spiro atoms. The Morgan fingerprint density at radius 2 is 1.94 bits per heavy atom. The third-order valence-corrected chi connectivity index (χ3v) is 2.37. The monoisotopic (exact) mass is 230 g/mol. The van der Waals surface area contributed by atoms with Gasteiger partial charge in [-0.2, -0.15) is 0 Å². The summed E-state index contributed by atoms with van der Waals surface area (Å²) in [4.78, 5) is 4.53. The van der Waals surface area contributed by atoms with E-state index in [0.29, 0.717) is 6.54 Å². The van der Waals surface area contributed by atoms with Gasteiger partial charge in [0.1, 0.15) is 16.9 Å². The number of rotatable bonds is 2. The number of para-hydroxylation sites is 1. The standard InChI is InChI=1S/C14H18N2O/c1-14(2,3)17-12-6-4-5-10-7-8-11(9-15)16-13(10)12/h4-8H,9,15H2,1-3H3. The van der Waals surface area contributed by atoms with E-state index in [9.17, 15) is 0 Å². The normalized spacial score (nSPS) is 11.8. The maximum atomic E-state index is 5.91. The van der Waals surface area contributed by atoms with Crippen LogP contribution < -0.4 is 10.5 Å². The van der Waals surface area contributed by atoms with E-state index < -0.39 is 0 Å². The Bertz CT molecular complexity index is 529. The van der Waals surface area contributed by atoms with E-state index in [1.165, 1.54) is 0 Å². The van der Waals surface area contributed by atoms with Crippen molar-refractivity contribution in [3.05, 3.63) is 36.0 Å². The Kier molecular flexibility index (Phi) is 3.03. The molecule has 2 N–H and O–H groups in total. The minimum atomic E-state index is -0.227. The lowest BCUT2D eigenvalue weighted by Gasteiger charge is -2.22. The van der Waals surface area contributed by atoms with E-state index in [0.717, 1.165) is 22.3 Å². The van der Waals surface area contributed by atoms with Gasteiger partial charge in [-0.1, -0.05) is 18.2 Å². The van der Waals surface area contributed by atoms with Crippen LogP contribution in [0.2, 0.25) is 0 Å². The lowest BCUT2D eigenvalue weighted by Crippen LogP contribution is -2.23. The molecule has 0 saturated heterocycles. The van der Waals surface area contributed by atoms with Gasteiger partial charge in [0.05, 0.1) is 5.69 Å². The van der Waals surface area contributed by atoms with Gasteiger partial charge in [-0.05, 0) is 32.9 Å². The Labute approximate surface area is 102 Å². The molecule has 1 heterocycles. The Balaban J connectivity index is 2.54.